The number of amides is 2. The fourth-order valence-electron chi connectivity index (χ4n) is 3.76. The summed E-state index contributed by atoms with van der Waals surface area (Å²) >= 11 is 12.2. The minimum absolute atomic E-state index is 0.133. The summed E-state index contributed by atoms with van der Waals surface area (Å²) in [7, 11) is 0. The molecular formula is C22H25Cl2N3O2. The van der Waals surface area contributed by atoms with E-state index in [-0.39, 0.29) is 30.3 Å². The second-order valence-electron chi connectivity index (χ2n) is 7.27. The Balaban J connectivity index is 1.92. The summed E-state index contributed by atoms with van der Waals surface area (Å²) in [6, 6.07) is 10.1. The van der Waals surface area contributed by atoms with Crippen molar-refractivity contribution in [1.29, 1.82) is 0 Å². The molecule has 1 atom stereocenters. The van der Waals surface area contributed by atoms with Gasteiger partial charge in [-0.2, -0.15) is 0 Å². The zero-order valence-corrected chi connectivity index (χ0v) is 17.7. The third-order valence-electron chi connectivity index (χ3n) is 5.27. The number of halogens is 2. The van der Waals surface area contributed by atoms with Crippen molar-refractivity contribution in [2.45, 2.75) is 50.7 Å². The van der Waals surface area contributed by atoms with Crippen molar-refractivity contribution in [1.82, 2.24) is 15.2 Å². The number of aromatic nitrogens is 1. The van der Waals surface area contributed by atoms with Crippen LogP contribution >= 0.6 is 23.2 Å². The molecule has 0 aliphatic heterocycles. The Morgan fingerprint density at radius 2 is 1.79 bits per heavy atom. The van der Waals surface area contributed by atoms with Crippen molar-refractivity contribution >= 4 is 35.0 Å². The van der Waals surface area contributed by atoms with Crippen LogP contribution in [0.15, 0.2) is 48.8 Å². The van der Waals surface area contributed by atoms with Crippen molar-refractivity contribution < 1.29 is 9.59 Å². The maximum Gasteiger partial charge on any atom is 0.247 e. The van der Waals surface area contributed by atoms with E-state index in [4.69, 9.17) is 23.2 Å². The maximum absolute atomic E-state index is 13.3. The van der Waals surface area contributed by atoms with Gasteiger partial charge in [0.05, 0.1) is 0 Å². The van der Waals surface area contributed by atoms with Crippen molar-refractivity contribution in [3.8, 4) is 0 Å². The fraction of sp³-hybridized carbons (Fsp3) is 0.409. The number of nitrogens with zero attached hydrogens (tertiary/aromatic N) is 2. The highest BCUT2D eigenvalue weighted by Gasteiger charge is 2.32. The zero-order valence-electron chi connectivity index (χ0n) is 16.2. The number of rotatable bonds is 7. The number of alkyl halides is 1. The van der Waals surface area contributed by atoms with Gasteiger partial charge >= 0.3 is 0 Å². The van der Waals surface area contributed by atoms with Gasteiger partial charge in [0.1, 0.15) is 11.9 Å². The van der Waals surface area contributed by atoms with Gasteiger partial charge in [-0.3, -0.25) is 14.6 Å². The molecule has 0 radical (unpaired) electrons. The van der Waals surface area contributed by atoms with Gasteiger partial charge in [0.25, 0.3) is 0 Å². The van der Waals surface area contributed by atoms with Gasteiger partial charge in [-0.15, -0.1) is 11.6 Å². The van der Waals surface area contributed by atoms with E-state index in [1.165, 1.54) is 11.3 Å². The summed E-state index contributed by atoms with van der Waals surface area (Å²) in [6.07, 6.45) is 8.57. The molecule has 0 unspecified atom stereocenters. The first-order valence-corrected chi connectivity index (χ1v) is 10.8. The molecule has 1 N–H and O–H groups in total. The van der Waals surface area contributed by atoms with E-state index in [0.717, 1.165) is 31.2 Å². The number of hydrogen-bond donors (Lipinski definition) is 1. The molecular weight excluding hydrogens is 409 g/mol. The molecule has 1 aromatic heterocycles. The third-order valence-corrected chi connectivity index (χ3v) is 5.86. The van der Waals surface area contributed by atoms with Gasteiger partial charge in [-0.1, -0.05) is 49.1 Å². The standard InChI is InChI=1S/C22H25Cl2N3O2/c23-14-20(28)27(15-17-6-4-5-9-19(17)24)21(16-10-12-25-13-11-16)22(29)26-18-7-2-1-3-8-18/h4-6,9-13,18,21H,1-3,7-8,14-15H2,(H,26,29)/t21-/m0/s1. The van der Waals surface area contributed by atoms with Crippen LogP contribution in [0.25, 0.3) is 0 Å². The average molecular weight is 434 g/mol. The Morgan fingerprint density at radius 3 is 2.45 bits per heavy atom. The molecule has 3 rings (SSSR count). The van der Waals surface area contributed by atoms with Gasteiger partial charge in [-0.05, 0) is 42.2 Å². The fourth-order valence-corrected chi connectivity index (χ4v) is 4.11. The van der Waals surface area contributed by atoms with Crippen LogP contribution in [0.2, 0.25) is 5.02 Å². The lowest BCUT2D eigenvalue weighted by atomic mass is 9.94. The molecule has 1 aromatic carbocycles. The largest absolute Gasteiger partial charge is 0.351 e. The summed E-state index contributed by atoms with van der Waals surface area (Å²) in [4.78, 5) is 31.7. The van der Waals surface area contributed by atoms with Crippen LogP contribution in [0, 0.1) is 0 Å². The molecule has 1 heterocycles. The van der Waals surface area contributed by atoms with Crippen LogP contribution in [0.3, 0.4) is 0 Å². The predicted molar refractivity (Wildman–Crippen MR) is 115 cm³/mol. The molecule has 5 nitrogen and oxygen atoms in total. The Labute approximate surface area is 181 Å². The lowest BCUT2D eigenvalue weighted by Crippen LogP contribution is -2.47. The van der Waals surface area contributed by atoms with E-state index in [2.05, 4.69) is 10.3 Å². The molecule has 2 aromatic rings. The zero-order chi connectivity index (χ0) is 20.6. The van der Waals surface area contributed by atoms with Gasteiger partial charge in [0, 0.05) is 30.0 Å². The van der Waals surface area contributed by atoms with Crippen LogP contribution in [-0.4, -0.2) is 33.6 Å². The summed E-state index contributed by atoms with van der Waals surface area (Å²) in [5.74, 6) is -0.747. The summed E-state index contributed by atoms with van der Waals surface area (Å²) in [5, 5.41) is 3.69. The molecule has 0 saturated heterocycles. The van der Waals surface area contributed by atoms with Gasteiger partial charge in [0.15, 0.2) is 0 Å². The SMILES string of the molecule is O=C(NC1CCCCC1)[C@H](c1ccncc1)N(Cc1ccccc1Cl)C(=O)CCl. The van der Waals surface area contributed by atoms with E-state index in [0.29, 0.717) is 10.6 Å². The highest BCUT2D eigenvalue weighted by molar-refractivity contribution is 6.31. The first-order valence-electron chi connectivity index (χ1n) is 9.89. The minimum atomic E-state index is -0.803. The molecule has 1 aliphatic carbocycles. The molecule has 1 aliphatic rings. The average Bonchev–Trinajstić information content (AvgIpc) is 2.75. The molecule has 1 fully saturated rings. The number of benzene rings is 1. The Morgan fingerprint density at radius 1 is 1.10 bits per heavy atom. The van der Waals surface area contributed by atoms with E-state index < -0.39 is 6.04 Å². The van der Waals surface area contributed by atoms with Gasteiger partial charge < -0.3 is 10.2 Å². The molecule has 0 bridgehead atoms. The first-order chi connectivity index (χ1) is 14.1. The van der Waals surface area contributed by atoms with Crippen LogP contribution < -0.4 is 5.32 Å². The van der Waals surface area contributed by atoms with E-state index in [9.17, 15) is 9.59 Å². The van der Waals surface area contributed by atoms with E-state index >= 15 is 0 Å². The number of nitrogens with one attached hydrogen (secondary N) is 1. The Kier molecular flexibility index (Phi) is 7.90. The molecule has 29 heavy (non-hydrogen) atoms. The third kappa shape index (κ3) is 5.71. The highest BCUT2D eigenvalue weighted by atomic mass is 35.5. The van der Waals surface area contributed by atoms with Crippen LogP contribution in [-0.2, 0) is 16.1 Å². The lowest BCUT2D eigenvalue weighted by molar-refractivity contribution is -0.140. The molecule has 2 amide bonds. The minimum Gasteiger partial charge on any atom is -0.351 e. The van der Waals surface area contributed by atoms with Crippen molar-refractivity contribution in [2.24, 2.45) is 0 Å². The second-order valence-corrected chi connectivity index (χ2v) is 7.95. The summed E-state index contributed by atoms with van der Waals surface area (Å²) in [6.45, 7) is 0.191. The summed E-state index contributed by atoms with van der Waals surface area (Å²) < 4.78 is 0. The highest BCUT2D eigenvalue weighted by Crippen LogP contribution is 2.27. The monoisotopic (exact) mass is 433 g/mol. The number of carbonyl (C=O) groups is 2. The van der Waals surface area contributed by atoms with Crippen LogP contribution in [0.5, 0.6) is 0 Å². The second kappa shape index (κ2) is 10.6. The smallest absolute Gasteiger partial charge is 0.247 e. The van der Waals surface area contributed by atoms with Crippen molar-refractivity contribution in [2.75, 3.05) is 5.88 Å². The number of carbonyl (C=O) groups excluding carboxylic acids is 2. The van der Waals surface area contributed by atoms with Crippen molar-refractivity contribution in [3.05, 3.63) is 64.9 Å². The van der Waals surface area contributed by atoms with Crippen LogP contribution in [0.4, 0.5) is 0 Å². The quantitative estimate of drug-likeness (QED) is 0.653. The molecule has 1 saturated carbocycles. The normalized spacial score (nSPS) is 15.5. The van der Waals surface area contributed by atoms with Gasteiger partial charge in [-0.25, -0.2) is 0 Å². The number of hydrogen-bond acceptors (Lipinski definition) is 3. The van der Waals surface area contributed by atoms with Gasteiger partial charge in [0.2, 0.25) is 11.8 Å². The van der Waals surface area contributed by atoms with Crippen molar-refractivity contribution in [3.63, 3.8) is 0 Å². The topological polar surface area (TPSA) is 62.3 Å². The summed E-state index contributed by atoms with van der Waals surface area (Å²) in [5.41, 5.74) is 1.45. The van der Waals surface area contributed by atoms with Crippen LogP contribution in [0.1, 0.15) is 49.3 Å². The van der Waals surface area contributed by atoms with E-state index in [1.807, 2.05) is 18.2 Å². The Bertz CT molecular complexity index is 826. The number of pyridine rings is 1. The molecule has 154 valence electrons. The maximum atomic E-state index is 13.3. The predicted octanol–water partition coefficient (Wildman–Crippen LogP) is 4.49. The lowest BCUT2D eigenvalue weighted by Gasteiger charge is -2.33. The van der Waals surface area contributed by atoms with E-state index in [1.54, 1.807) is 30.6 Å². The molecule has 0 spiro atoms. The Hall–Kier alpha value is -2.11. The first kappa shape index (κ1) is 21.6. The molecule has 7 heteroatoms.